The number of fused-ring (bicyclic) bond motifs is 1. The highest BCUT2D eigenvalue weighted by Crippen LogP contribution is 2.37. The van der Waals surface area contributed by atoms with E-state index in [1.165, 1.54) is 40.8 Å². The van der Waals surface area contributed by atoms with Gasteiger partial charge in [0.05, 0.1) is 22.6 Å². The molecule has 0 saturated carbocycles. The van der Waals surface area contributed by atoms with Crippen molar-refractivity contribution in [1.82, 2.24) is 14.2 Å². The molecule has 0 radical (unpaired) electrons. The number of halogens is 1. The number of rotatable bonds is 10. The summed E-state index contributed by atoms with van der Waals surface area (Å²) in [5, 5.41) is 18.9. The van der Waals surface area contributed by atoms with Gasteiger partial charge in [0.2, 0.25) is 25.5 Å². The summed E-state index contributed by atoms with van der Waals surface area (Å²) < 4.78 is 78.5. The van der Waals surface area contributed by atoms with Gasteiger partial charge in [-0.25, -0.2) is 26.4 Å². The zero-order chi connectivity index (χ0) is 31.0. The summed E-state index contributed by atoms with van der Waals surface area (Å²) in [4.78, 5) is 12.7. The maximum Gasteiger partial charge on any atom is 0.248 e. The number of hydrogen-bond acceptors (Lipinski definition) is 9. The number of primary sulfonamides is 1. The molecule has 0 bridgehead atoms. The maximum absolute atomic E-state index is 13.8. The lowest BCUT2D eigenvalue weighted by atomic mass is 9.88. The van der Waals surface area contributed by atoms with E-state index in [1.54, 1.807) is 17.6 Å². The molecule has 2 aliphatic rings. The molecule has 15 heteroatoms. The molecule has 1 spiro atoms. The first-order valence-electron chi connectivity index (χ1n) is 14.0. The van der Waals surface area contributed by atoms with Crippen molar-refractivity contribution in [2.75, 3.05) is 32.8 Å². The highest BCUT2D eigenvalue weighted by atomic mass is 32.2. The Kier molecular flexibility index (Phi) is 8.96. The smallest absolute Gasteiger partial charge is 0.248 e. The number of piperidine rings is 1. The van der Waals surface area contributed by atoms with Gasteiger partial charge in [-0.1, -0.05) is 6.07 Å². The number of aryl methyl sites for hydroxylation is 1. The third-order valence-corrected chi connectivity index (χ3v) is 10.8. The molecule has 2 saturated heterocycles. The Morgan fingerprint density at radius 2 is 1.93 bits per heavy atom. The summed E-state index contributed by atoms with van der Waals surface area (Å²) in [5.41, 5.74) is -0.833. The molecule has 0 aliphatic carbocycles. The molecule has 234 valence electrons. The Bertz CT molecular complexity index is 1770. The van der Waals surface area contributed by atoms with Crippen LogP contribution in [-0.4, -0.2) is 81.4 Å². The van der Waals surface area contributed by atoms with Crippen LogP contribution in [-0.2, 0) is 31.3 Å². The number of nitrogens with zero attached hydrogens (tertiary/aromatic N) is 2. The largest absolute Gasteiger partial charge is 0.491 e. The van der Waals surface area contributed by atoms with E-state index in [2.05, 4.69) is 5.32 Å². The van der Waals surface area contributed by atoms with Gasteiger partial charge >= 0.3 is 0 Å². The van der Waals surface area contributed by atoms with Crippen LogP contribution in [0.1, 0.15) is 26.2 Å². The van der Waals surface area contributed by atoms with Crippen LogP contribution >= 0.6 is 0 Å². The minimum absolute atomic E-state index is 0.0684. The Balaban J connectivity index is 1.16. The summed E-state index contributed by atoms with van der Waals surface area (Å²) in [5.74, 6) is -0.243. The number of aliphatic hydroxyl groups excluding tert-OH is 1. The lowest BCUT2D eigenvalue weighted by molar-refractivity contribution is -0.0312. The predicted octanol–water partition coefficient (Wildman–Crippen LogP) is 1.15. The third kappa shape index (κ3) is 6.77. The molecule has 0 amide bonds. The molecule has 12 nitrogen and oxygen atoms in total. The van der Waals surface area contributed by atoms with Gasteiger partial charge in [0.25, 0.3) is 0 Å². The second-order valence-electron chi connectivity index (χ2n) is 11.0. The SMILES string of the molecule is CCn1cc(S(=O)(=O)N2CCC3(CC2)C[C@@H](NCC(O)COc2cccc(S(N)(=O)=O)c2)CO3)c(=O)c2ccc(F)cc21. The lowest BCUT2D eigenvalue weighted by Gasteiger charge is -2.38. The van der Waals surface area contributed by atoms with Crippen LogP contribution in [0.15, 0.2) is 63.2 Å². The quantitative estimate of drug-likeness (QED) is 0.295. The van der Waals surface area contributed by atoms with Crippen molar-refractivity contribution in [1.29, 1.82) is 0 Å². The number of sulfonamides is 2. The standard InChI is InChI=1S/C28H35FN4O8S2/c1-2-32-16-26(27(35)24-7-6-19(29)12-25(24)32)43(38,39)33-10-8-28(9-11-33)14-20(17-41-28)31-15-21(34)18-40-22-4-3-5-23(13-22)42(30,36)37/h3-7,12-13,16,20-21,31,34H,2,8-11,14-15,17-18H2,1H3,(H2,30,36,37)/t20-,21?/m1/s1. The fraction of sp³-hybridized carbons (Fsp3) is 0.464. The minimum Gasteiger partial charge on any atom is -0.491 e. The molecule has 3 aromatic rings. The van der Waals surface area contributed by atoms with Gasteiger partial charge < -0.3 is 24.5 Å². The van der Waals surface area contributed by atoms with Gasteiger partial charge in [0, 0.05) is 49.9 Å². The number of nitrogens with two attached hydrogens (primary N) is 1. The van der Waals surface area contributed by atoms with E-state index in [9.17, 15) is 31.1 Å². The van der Waals surface area contributed by atoms with E-state index in [0.29, 0.717) is 37.9 Å². The van der Waals surface area contributed by atoms with Crippen LogP contribution in [0.4, 0.5) is 4.39 Å². The van der Waals surface area contributed by atoms with Gasteiger partial charge in [0.15, 0.2) is 0 Å². The van der Waals surface area contributed by atoms with E-state index in [4.69, 9.17) is 14.6 Å². The molecule has 43 heavy (non-hydrogen) atoms. The number of nitrogens with one attached hydrogen (secondary N) is 1. The Morgan fingerprint density at radius 1 is 1.19 bits per heavy atom. The molecule has 1 aromatic heterocycles. The average molecular weight is 639 g/mol. The number of benzene rings is 2. The van der Waals surface area contributed by atoms with Gasteiger partial charge in [-0.05, 0) is 56.5 Å². The summed E-state index contributed by atoms with van der Waals surface area (Å²) in [6.45, 7) is 3.02. The van der Waals surface area contributed by atoms with Crippen molar-refractivity contribution >= 4 is 30.9 Å². The highest BCUT2D eigenvalue weighted by Gasteiger charge is 2.45. The Morgan fingerprint density at radius 3 is 2.63 bits per heavy atom. The minimum atomic E-state index is -4.10. The van der Waals surface area contributed by atoms with E-state index in [-0.39, 0.29) is 53.2 Å². The molecule has 2 aliphatic heterocycles. The van der Waals surface area contributed by atoms with Gasteiger partial charge in [-0.3, -0.25) is 4.79 Å². The van der Waals surface area contributed by atoms with Crippen LogP contribution in [0.3, 0.4) is 0 Å². The molecule has 2 fully saturated rings. The van der Waals surface area contributed by atoms with Crippen molar-refractivity contribution in [3.05, 3.63) is 64.7 Å². The zero-order valence-electron chi connectivity index (χ0n) is 23.6. The second kappa shape index (κ2) is 12.2. The fourth-order valence-electron chi connectivity index (χ4n) is 5.67. The normalized spacial score (nSPS) is 20.0. The monoisotopic (exact) mass is 638 g/mol. The first kappa shape index (κ1) is 31.5. The van der Waals surface area contributed by atoms with E-state index >= 15 is 0 Å². The summed E-state index contributed by atoms with van der Waals surface area (Å²) in [6, 6.07) is 9.33. The molecule has 1 unspecified atom stereocenters. The Hall–Kier alpha value is -2.92. The van der Waals surface area contributed by atoms with E-state index < -0.39 is 43.0 Å². The van der Waals surface area contributed by atoms with Crippen molar-refractivity contribution in [3.63, 3.8) is 0 Å². The first-order chi connectivity index (χ1) is 20.3. The molecule has 2 atom stereocenters. The molecular weight excluding hydrogens is 603 g/mol. The van der Waals surface area contributed by atoms with Crippen LogP contribution in [0, 0.1) is 5.82 Å². The van der Waals surface area contributed by atoms with E-state index in [1.807, 2.05) is 0 Å². The Labute approximate surface area is 249 Å². The number of aliphatic hydroxyl groups is 1. The maximum atomic E-state index is 13.8. The van der Waals surface area contributed by atoms with Crippen LogP contribution in [0.2, 0.25) is 0 Å². The van der Waals surface area contributed by atoms with Crippen LogP contribution in [0.5, 0.6) is 5.75 Å². The van der Waals surface area contributed by atoms with Crippen LogP contribution < -0.4 is 20.6 Å². The lowest BCUT2D eigenvalue weighted by Crippen LogP contribution is -2.47. The molecule has 2 aromatic carbocycles. The topological polar surface area (TPSA) is 170 Å². The first-order valence-corrected chi connectivity index (χ1v) is 16.9. The summed E-state index contributed by atoms with van der Waals surface area (Å²) in [6.07, 6.45) is 1.91. The molecule has 5 rings (SSSR count). The number of hydrogen-bond donors (Lipinski definition) is 3. The fourth-order valence-corrected chi connectivity index (χ4v) is 7.77. The van der Waals surface area contributed by atoms with Crippen molar-refractivity contribution in [2.45, 2.75) is 60.3 Å². The zero-order valence-corrected chi connectivity index (χ0v) is 25.2. The van der Waals surface area contributed by atoms with Crippen molar-refractivity contribution < 1.29 is 35.8 Å². The average Bonchev–Trinajstić information content (AvgIpc) is 3.37. The second-order valence-corrected chi connectivity index (χ2v) is 14.4. The van der Waals surface area contributed by atoms with Crippen molar-refractivity contribution in [2.24, 2.45) is 5.14 Å². The molecular formula is C28H35FN4O8S2. The highest BCUT2D eigenvalue weighted by molar-refractivity contribution is 7.89. The summed E-state index contributed by atoms with van der Waals surface area (Å²) >= 11 is 0. The third-order valence-electron chi connectivity index (χ3n) is 8.03. The van der Waals surface area contributed by atoms with Crippen molar-refractivity contribution in [3.8, 4) is 5.75 Å². The molecule has 4 N–H and O–H groups in total. The molecule has 3 heterocycles. The number of pyridine rings is 1. The van der Waals surface area contributed by atoms with Gasteiger partial charge in [-0.15, -0.1) is 0 Å². The number of aromatic nitrogens is 1. The number of ether oxygens (including phenoxy) is 2. The van der Waals surface area contributed by atoms with Gasteiger partial charge in [-0.2, -0.15) is 4.31 Å². The van der Waals surface area contributed by atoms with Crippen LogP contribution in [0.25, 0.3) is 10.9 Å². The van der Waals surface area contributed by atoms with E-state index in [0.717, 1.165) is 6.07 Å². The predicted molar refractivity (Wildman–Crippen MR) is 156 cm³/mol. The van der Waals surface area contributed by atoms with Gasteiger partial charge in [0.1, 0.15) is 29.2 Å². The summed E-state index contributed by atoms with van der Waals surface area (Å²) in [7, 11) is -7.97.